The van der Waals surface area contributed by atoms with Gasteiger partial charge in [0.05, 0.1) is 55.0 Å². The van der Waals surface area contributed by atoms with Crippen LogP contribution in [0, 0.1) is 11.8 Å². The molecule has 1 aliphatic carbocycles. The third-order valence-electron chi connectivity index (χ3n) is 13.1. The van der Waals surface area contributed by atoms with Crippen molar-refractivity contribution in [3.05, 3.63) is 72.4 Å². The van der Waals surface area contributed by atoms with Gasteiger partial charge < -0.3 is 39.9 Å². The van der Waals surface area contributed by atoms with Crippen LogP contribution in [0.2, 0.25) is 0 Å². The van der Waals surface area contributed by atoms with Crippen LogP contribution >= 0.6 is 11.3 Å². The van der Waals surface area contributed by atoms with Crippen molar-refractivity contribution in [1.82, 2.24) is 40.4 Å². The number of piperidine rings is 1. The fraction of sp³-hybridized carbons (Fsp3) is 0.435. The average molecular weight is 909 g/mol. The number of carbonyl (C=O) groups is 4. The van der Waals surface area contributed by atoms with Crippen LogP contribution in [0.4, 0.5) is 9.59 Å². The molecule has 0 spiro atoms. The average Bonchev–Trinajstić information content (AvgIpc) is 4.14. The number of hydrogen-bond donors (Lipinski definition) is 4. The number of nitrogens with one attached hydrogen (secondary N) is 4. The van der Waals surface area contributed by atoms with Crippen LogP contribution in [-0.2, 0) is 28.9 Å². The Morgan fingerprint density at radius 2 is 1.55 bits per heavy atom. The zero-order chi connectivity index (χ0) is 45.0. The van der Waals surface area contributed by atoms with Crippen LogP contribution in [0.25, 0.3) is 53.6 Å². The van der Waals surface area contributed by atoms with Crippen LogP contribution in [0.1, 0.15) is 76.1 Å². The number of amides is 4. The molecule has 3 aromatic heterocycles. The number of fused-ring (bicyclic) bond motifs is 6. The van der Waals surface area contributed by atoms with Gasteiger partial charge in [-0.3, -0.25) is 9.59 Å². The fourth-order valence-corrected chi connectivity index (χ4v) is 11.8. The summed E-state index contributed by atoms with van der Waals surface area (Å²) in [4.78, 5) is 72.5. The number of likely N-dealkylation sites (tertiary alicyclic amines) is 2. The minimum absolute atomic E-state index is 0.0328. The van der Waals surface area contributed by atoms with E-state index in [1.165, 1.54) is 14.2 Å². The van der Waals surface area contributed by atoms with Gasteiger partial charge in [-0.05, 0) is 85.8 Å². The first-order chi connectivity index (χ1) is 30.7. The number of methoxy groups -OCH3 is 2. The fourth-order valence-electron chi connectivity index (χ4n) is 9.95. The number of ether oxygens (including phenoxy) is 2. The minimum Gasteiger partial charge on any atom is -0.453 e. The van der Waals surface area contributed by atoms with E-state index in [-0.39, 0.29) is 53.9 Å². The molecular weight excluding hydrogens is 857 g/mol. The number of benzene rings is 3. The first-order valence-electron chi connectivity index (χ1n) is 21.7. The number of sulfone groups is 1. The van der Waals surface area contributed by atoms with Gasteiger partial charge in [-0.15, -0.1) is 11.3 Å². The molecule has 2 bridgehead atoms. The Bertz CT molecular complexity index is 2910. The lowest BCUT2D eigenvalue weighted by Gasteiger charge is -2.36. The maximum absolute atomic E-state index is 14.1. The van der Waals surface area contributed by atoms with Gasteiger partial charge >= 0.3 is 12.2 Å². The molecule has 6 atom stereocenters. The molecule has 9 rings (SSSR count). The van der Waals surface area contributed by atoms with Crippen LogP contribution in [0.15, 0.2) is 60.8 Å². The highest BCUT2D eigenvalue weighted by molar-refractivity contribution is 7.90. The summed E-state index contributed by atoms with van der Waals surface area (Å²) in [5.41, 5.74) is 5.52. The number of nitrogens with zero attached hydrogens (tertiary/aromatic N) is 4. The number of imidazole rings is 2. The number of thiophene rings is 1. The number of hydrogen-bond acceptors (Lipinski definition) is 11. The third kappa shape index (κ3) is 8.28. The molecule has 64 heavy (non-hydrogen) atoms. The van der Waals surface area contributed by atoms with Crippen molar-refractivity contribution < 1.29 is 37.1 Å². The summed E-state index contributed by atoms with van der Waals surface area (Å²) < 4.78 is 35.9. The summed E-state index contributed by atoms with van der Waals surface area (Å²) >= 11 is 1.72. The Kier molecular flexibility index (Phi) is 11.6. The molecule has 0 radical (unpaired) electrons. The molecular formula is C46H52N8O8S2. The van der Waals surface area contributed by atoms with Crippen molar-refractivity contribution in [1.29, 1.82) is 0 Å². The van der Waals surface area contributed by atoms with Gasteiger partial charge in [0.25, 0.3) is 0 Å². The van der Waals surface area contributed by atoms with Gasteiger partial charge in [0, 0.05) is 44.6 Å². The summed E-state index contributed by atoms with van der Waals surface area (Å²) in [6, 6.07) is 16.7. The number of carbonyl (C=O) groups excluding carboxylic acids is 4. The third-order valence-corrected chi connectivity index (χ3v) is 15.2. The van der Waals surface area contributed by atoms with Gasteiger partial charge in [0.15, 0.2) is 0 Å². The van der Waals surface area contributed by atoms with Crippen molar-refractivity contribution in [3.63, 3.8) is 0 Å². The number of aromatic amines is 2. The standard InChI is InChI=1S/C46H52N8O8S2/c1-24(2)39(52-46(58)62-4)44(56)53-17-6-7-36(53)41-47-23-35(50-41)27-10-14-31-30-13-9-26(21-37(30)63-38(31)22-27)25-11-15-32-34(20-25)49-42(48-32)40-28-8-12-29(19-28)54(40)43(55)33(51-45(57)61-3)16-18-64(5,59)60/h9-11,13-15,20-24,28-29,33,36,39-40H,6-8,12,16-19H2,1-5H3,(H,47,50)(H,48,49)(H,51,57)(H,52,58)/t28-,29+,33-,36-,39-,40-/m0/s1. The smallest absolute Gasteiger partial charge is 0.407 e. The predicted octanol–water partition coefficient (Wildman–Crippen LogP) is 7.24. The maximum atomic E-state index is 14.1. The van der Waals surface area contributed by atoms with E-state index in [0.717, 1.165) is 91.9 Å². The van der Waals surface area contributed by atoms with Crippen molar-refractivity contribution in [2.45, 2.75) is 82.6 Å². The molecule has 4 amide bonds. The molecule has 2 aliphatic heterocycles. The molecule has 2 saturated heterocycles. The molecule has 16 nitrogen and oxygen atoms in total. The van der Waals surface area contributed by atoms with E-state index in [4.69, 9.17) is 19.4 Å². The van der Waals surface area contributed by atoms with Crippen LogP contribution < -0.4 is 10.6 Å². The van der Waals surface area contributed by atoms with Gasteiger partial charge in [0.2, 0.25) is 11.8 Å². The molecule has 1 saturated carbocycles. The first kappa shape index (κ1) is 43.3. The van der Waals surface area contributed by atoms with Gasteiger partial charge in [-0.1, -0.05) is 44.2 Å². The summed E-state index contributed by atoms with van der Waals surface area (Å²) in [5, 5.41) is 7.60. The van der Waals surface area contributed by atoms with E-state index in [9.17, 15) is 27.6 Å². The highest BCUT2D eigenvalue weighted by Crippen LogP contribution is 2.50. The molecule has 5 heterocycles. The first-order valence-corrected chi connectivity index (χ1v) is 24.6. The highest BCUT2D eigenvalue weighted by Gasteiger charge is 2.51. The van der Waals surface area contributed by atoms with E-state index in [0.29, 0.717) is 18.2 Å². The summed E-state index contributed by atoms with van der Waals surface area (Å²) in [7, 11) is -0.889. The second-order valence-electron chi connectivity index (χ2n) is 17.6. The number of rotatable bonds is 12. The molecule has 18 heteroatoms. The Morgan fingerprint density at radius 3 is 2.27 bits per heavy atom. The number of H-pyrrole nitrogens is 2. The lowest BCUT2D eigenvalue weighted by atomic mass is 9.97. The monoisotopic (exact) mass is 908 g/mol. The molecule has 3 fully saturated rings. The van der Waals surface area contributed by atoms with Crippen molar-refractivity contribution in [2.24, 2.45) is 11.8 Å². The van der Waals surface area contributed by atoms with Crippen molar-refractivity contribution in [2.75, 3.05) is 32.8 Å². The minimum atomic E-state index is -3.39. The summed E-state index contributed by atoms with van der Waals surface area (Å²) in [6.45, 7) is 4.38. The lowest BCUT2D eigenvalue weighted by Crippen LogP contribution is -2.52. The van der Waals surface area contributed by atoms with Gasteiger partial charge in [-0.25, -0.2) is 28.0 Å². The summed E-state index contributed by atoms with van der Waals surface area (Å²) in [6.07, 6.45) is 5.65. The van der Waals surface area contributed by atoms with E-state index >= 15 is 0 Å². The molecule has 4 N–H and O–H groups in total. The zero-order valence-corrected chi connectivity index (χ0v) is 38.0. The van der Waals surface area contributed by atoms with Crippen LogP contribution in [0.5, 0.6) is 0 Å². The topological polar surface area (TPSA) is 209 Å². The Labute approximate surface area is 374 Å². The van der Waals surface area contributed by atoms with E-state index in [1.54, 1.807) is 11.3 Å². The molecule has 3 aliphatic rings. The molecule has 336 valence electrons. The van der Waals surface area contributed by atoms with E-state index < -0.39 is 34.1 Å². The maximum Gasteiger partial charge on any atom is 0.407 e. The SMILES string of the molecule is COC(=O)N[C@@H](CCS(C)(=O)=O)C(=O)N1[C@@H]2CC[C@@H](C2)[C@H]1c1nc2ccc(-c3ccc4c(c3)sc3cc(-c5cnc([C@@H]6CCCN6C(=O)[C@@H](NC(=O)OC)C(C)C)[nH]5)ccc34)cc2[nH]1. The lowest BCUT2D eigenvalue weighted by molar-refractivity contribution is -0.138. The number of alkyl carbamates (subject to hydrolysis) is 2. The van der Waals surface area contributed by atoms with Crippen molar-refractivity contribution in [3.8, 4) is 22.4 Å². The van der Waals surface area contributed by atoms with Crippen molar-refractivity contribution >= 4 is 76.4 Å². The van der Waals surface area contributed by atoms with Gasteiger partial charge in [-0.2, -0.15) is 0 Å². The molecule has 0 unspecified atom stereocenters. The Hall–Kier alpha value is -6.01. The van der Waals surface area contributed by atoms with E-state index in [1.807, 2.05) is 35.9 Å². The highest BCUT2D eigenvalue weighted by atomic mass is 32.2. The number of aromatic nitrogens is 4. The summed E-state index contributed by atoms with van der Waals surface area (Å²) in [5.74, 6) is 0.723. The second-order valence-corrected chi connectivity index (χ2v) is 21.0. The van der Waals surface area contributed by atoms with Crippen LogP contribution in [0.3, 0.4) is 0 Å². The largest absolute Gasteiger partial charge is 0.453 e. The quantitative estimate of drug-likeness (QED) is 0.0968. The molecule has 6 aromatic rings. The predicted molar refractivity (Wildman–Crippen MR) is 244 cm³/mol. The normalized spacial score (nSPS) is 20.7. The Balaban J connectivity index is 0.945. The Morgan fingerprint density at radius 1 is 0.859 bits per heavy atom. The van der Waals surface area contributed by atoms with Gasteiger partial charge in [0.1, 0.15) is 33.6 Å². The second kappa shape index (κ2) is 17.2. The van der Waals surface area contributed by atoms with E-state index in [2.05, 4.69) is 69.1 Å². The zero-order valence-electron chi connectivity index (χ0n) is 36.3. The molecule has 3 aromatic carbocycles. The van der Waals surface area contributed by atoms with Crippen LogP contribution in [-0.4, -0.2) is 113 Å².